The summed E-state index contributed by atoms with van der Waals surface area (Å²) in [5, 5.41) is 10.7. The number of nitrogens with one attached hydrogen (secondary N) is 1. The number of hydrogen-bond donors (Lipinski definition) is 3. The van der Waals surface area contributed by atoms with E-state index in [0.717, 1.165) is 53.3 Å². The molecule has 1 aromatic heterocycles. The summed E-state index contributed by atoms with van der Waals surface area (Å²) >= 11 is 0. The minimum absolute atomic E-state index is 0.118. The fourth-order valence-electron chi connectivity index (χ4n) is 5.47. The highest BCUT2D eigenvalue weighted by Crippen LogP contribution is 2.37. The van der Waals surface area contributed by atoms with Crippen molar-refractivity contribution in [2.24, 2.45) is 17.6 Å². The zero-order valence-corrected chi connectivity index (χ0v) is 22.9. The molecule has 0 radical (unpaired) electrons. The van der Waals surface area contributed by atoms with Crippen LogP contribution in [0.4, 0.5) is 0 Å². The Morgan fingerprint density at radius 2 is 1.89 bits per heavy atom. The molecule has 1 saturated heterocycles. The van der Waals surface area contributed by atoms with Gasteiger partial charge in [0.1, 0.15) is 0 Å². The number of piperidine rings is 1. The number of aliphatic hydroxyl groups is 1. The largest absolute Gasteiger partial charge is 0.396 e. The van der Waals surface area contributed by atoms with Crippen LogP contribution in [0.2, 0.25) is 0 Å². The first kappa shape index (κ1) is 27.4. The van der Waals surface area contributed by atoms with E-state index in [4.69, 9.17) is 5.73 Å². The Balaban J connectivity index is 1.65. The molecule has 1 atom stereocenters. The van der Waals surface area contributed by atoms with Gasteiger partial charge in [0.05, 0.1) is 16.8 Å². The lowest BCUT2D eigenvalue weighted by molar-refractivity contribution is 0.100. The number of H-pyrrole nitrogens is 1. The van der Waals surface area contributed by atoms with Gasteiger partial charge in [0.2, 0.25) is 10.0 Å². The molecule has 8 heteroatoms. The predicted molar refractivity (Wildman–Crippen MR) is 149 cm³/mol. The molecule has 0 bridgehead atoms. The van der Waals surface area contributed by atoms with Crippen molar-refractivity contribution in [2.75, 3.05) is 25.4 Å². The van der Waals surface area contributed by atoms with Gasteiger partial charge in [-0.15, -0.1) is 0 Å². The predicted octanol–water partition coefficient (Wildman–Crippen LogP) is 4.66. The van der Waals surface area contributed by atoms with Crippen LogP contribution in [0.15, 0.2) is 42.6 Å². The Morgan fingerprint density at radius 1 is 1.16 bits per heavy atom. The van der Waals surface area contributed by atoms with Crippen molar-refractivity contribution < 1.29 is 18.3 Å². The lowest BCUT2D eigenvalue weighted by Gasteiger charge is -2.31. The number of fused-ring (bicyclic) bond motifs is 1. The van der Waals surface area contributed by atoms with E-state index in [1.165, 1.54) is 5.56 Å². The van der Waals surface area contributed by atoms with Crippen molar-refractivity contribution >= 4 is 26.8 Å². The van der Waals surface area contributed by atoms with Gasteiger partial charge in [-0.05, 0) is 84.7 Å². The normalized spacial score (nSPS) is 16.5. The molecule has 3 aromatic rings. The van der Waals surface area contributed by atoms with Crippen LogP contribution in [0.3, 0.4) is 0 Å². The number of carbonyl (C=O) groups is 1. The van der Waals surface area contributed by atoms with Crippen molar-refractivity contribution in [3.63, 3.8) is 0 Å². The molecule has 1 aliphatic rings. The molecule has 1 fully saturated rings. The van der Waals surface area contributed by atoms with Crippen LogP contribution in [-0.2, 0) is 16.4 Å². The van der Waals surface area contributed by atoms with Crippen LogP contribution in [-0.4, -0.2) is 54.2 Å². The van der Waals surface area contributed by atoms with E-state index in [1.54, 1.807) is 11.2 Å². The fourth-order valence-corrected chi connectivity index (χ4v) is 6.61. The number of aliphatic hydroxyl groups excluding tert-OH is 1. The van der Waals surface area contributed by atoms with E-state index in [1.807, 2.05) is 24.4 Å². The standard InChI is InChI=1S/C29H39N3O4S/c1-4-37(35,36)32-12-10-21(11-13-32)27-17-31-28-25(27)15-24(16-26(28)29(30)34)22-7-5-6-20(14-22)8-9-23(18-33)19(2)3/h5-7,14-17,19,21,23,31,33H,4,8-13,18H2,1-3H3,(H2,30,34)/t23-/m0/s1. The number of rotatable bonds is 10. The first-order valence-corrected chi connectivity index (χ1v) is 14.9. The van der Waals surface area contributed by atoms with Gasteiger partial charge in [-0.3, -0.25) is 4.79 Å². The third-order valence-electron chi connectivity index (χ3n) is 7.98. The van der Waals surface area contributed by atoms with Gasteiger partial charge < -0.3 is 15.8 Å². The smallest absolute Gasteiger partial charge is 0.250 e. The highest BCUT2D eigenvalue weighted by Gasteiger charge is 2.29. The molecule has 1 amide bonds. The lowest BCUT2D eigenvalue weighted by Crippen LogP contribution is -2.38. The minimum Gasteiger partial charge on any atom is -0.396 e. The first-order chi connectivity index (χ1) is 17.6. The molecule has 200 valence electrons. The second-order valence-corrected chi connectivity index (χ2v) is 12.8. The molecule has 4 N–H and O–H groups in total. The summed E-state index contributed by atoms with van der Waals surface area (Å²) < 4.78 is 26.2. The van der Waals surface area contributed by atoms with Crippen molar-refractivity contribution in [2.45, 2.75) is 52.4 Å². The van der Waals surface area contributed by atoms with Gasteiger partial charge in [0.25, 0.3) is 5.91 Å². The summed E-state index contributed by atoms with van der Waals surface area (Å²) in [5.41, 5.74) is 11.2. The molecule has 0 aliphatic carbocycles. The Bertz CT molecular complexity index is 1350. The Labute approximate surface area is 220 Å². The second-order valence-electron chi connectivity index (χ2n) is 10.6. The highest BCUT2D eigenvalue weighted by molar-refractivity contribution is 7.89. The van der Waals surface area contributed by atoms with Crippen LogP contribution in [0.25, 0.3) is 22.0 Å². The molecule has 0 spiro atoms. The number of aromatic nitrogens is 1. The number of nitrogens with zero attached hydrogens (tertiary/aromatic N) is 1. The molecular weight excluding hydrogens is 486 g/mol. The van der Waals surface area contributed by atoms with E-state index in [0.29, 0.717) is 24.6 Å². The topological polar surface area (TPSA) is 116 Å². The van der Waals surface area contributed by atoms with Gasteiger partial charge in [-0.25, -0.2) is 12.7 Å². The zero-order chi connectivity index (χ0) is 26.7. The number of carbonyl (C=O) groups excluding carboxylic acids is 1. The summed E-state index contributed by atoms with van der Waals surface area (Å²) in [6, 6.07) is 12.3. The summed E-state index contributed by atoms with van der Waals surface area (Å²) in [7, 11) is -3.19. The van der Waals surface area contributed by atoms with Gasteiger partial charge in [-0.1, -0.05) is 38.1 Å². The van der Waals surface area contributed by atoms with Crippen molar-refractivity contribution in [1.29, 1.82) is 0 Å². The van der Waals surface area contributed by atoms with Gasteiger partial charge in [-0.2, -0.15) is 0 Å². The maximum Gasteiger partial charge on any atom is 0.250 e. The average Bonchev–Trinajstić information content (AvgIpc) is 3.32. The van der Waals surface area contributed by atoms with Crippen LogP contribution in [0, 0.1) is 11.8 Å². The summed E-state index contributed by atoms with van der Waals surface area (Å²) in [6.45, 7) is 7.15. The molecule has 1 aliphatic heterocycles. The van der Waals surface area contributed by atoms with Crippen LogP contribution in [0.1, 0.15) is 67.4 Å². The van der Waals surface area contributed by atoms with E-state index in [-0.39, 0.29) is 24.2 Å². The van der Waals surface area contributed by atoms with Crippen LogP contribution >= 0.6 is 0 Å². The fraction of sp³-hybridized carbons (Fsp3) is 0.483. The molecule has 2 heterocycles. The maximum atomic E-state index is 12.4. The average molecular weight is 526 g/mol. The summed E-state index contributed by atoms with van der Waals surface area (Å²) in [4.78, 5) is 15.7. The molecule has 4 rings (SSSR count). The third-order valence-corrected chi connectivity index (χ3v) is 9.86. The number of sulfonamides is 1. The number of benzene rings is 2. The van der Waals surface area contributed by atoms with Crippen molar-refractivity contribution in [1.82, 2.24) is 9.29 Å². The van der Waals surface area contributed by atoms with E-state index in [9.17, 15) is 18.3 Å². The first-order valence-electron chi connectivity index (χ1n) is 13.3. The number of aromatic amines is 1. The highest BCUT2D eigenvalue weighted by atomic mass is 32.2. The Hall–Kier alpha value is -2.68. The molecule has 7 nitrogen and oxygen atoms in total. The molecule has 2 aromatic carbocycles. The molecule has 0 saturated carbocycles. The van der Waals surface area contributed by atoms with E-state index in [2.05, 4.69) is 37.0 Å². The monoisotopic (exact) mass is 525 g/mol. The SMILES string of the molecule is CCS(=O)(=O)N1CCC(c2c[nH]c3c(C(N)=O)cc(-c4cccc(CC[C@@H](CO)C(C)C)c4)cc23)CC1. The van der Waals surface area contributed by atoms with Crippen LogP contribution in [0.5, 0.6) is 0 Å². The molecular formula is C29H39N3O4S. The minimum atomic E-state index is -3.19. The number of primary amides is 1. The Morgan fingerprint density at radius 3 is 2.51 bits per heavy atom. The van der Waals surface area contributed by atoms with Gasteiger partial charge in [0.15, 0.2) is 0 Å². The lowest BCUT2D eigenvalue weighted by atomic mass is 9.88. The van der Waals surface area contributed by atoms with E-state index < -0.39 is 15.9 Å². The number of hydrogen-bond acceptors (Lipinski definition) is 4. The van der Waals surface area contributed by atoms with Crippen LogP contribution < -0.4 is 5.73 Å². The summed E-state index contributed by atoms with van der Waals surface area (Å²) in [6.07, 6.45) is 5.21. The number of amides is 1. The third kappa shape index (κ3) is 5.92. The maximum absolute atomic E-state index is 12.4. The van der Waals surface area contributed by atoms with Crippen molar-refractivity contribution in [3.8, 4) is 11.1 Å². The number of aryl methyl sites for hydroxylation is 1. The Kier molecular flexibility index (Phi) is 8.41. The van der Waals surface area contributed by atoms with Crippen molar-refractivity contribution in [3.05, 3.63) is 59.3 Å². The summed E-state index contributed by atoms with van der Waals surface area (Å²) in [5.74, 6) is 0.527. The number of nitrogens with two attached hydrogens (primary N) is 1. The molecule has 0 unspecified atom stereocenters. The van der Waals surface area contributed by atoms with Gasteiger partial charge in [0, 0.05) is 31.3 Å². The van der Waals surface area contributed by atoms with Gasteiger partial charge >= 0.3 is 0 Å². The quantitative estimate of drug-likeness (QED) is 0.357. The zero-order valence-electron chi connectivity index (χ0n) is 22.0. The molecule has 37 heavy (non-hydrogen) atoms. The second kappa shape index (κ2) is 11.4. The van der Waals surface area contributed by atoms with E-state index >= 15 is 0 Å².